The number of rotatable bonds is 6. The highest BCUT2D eigenvalue weighted by atomic mass is 14.7. The molecule has 1 aromatic carbocycles. The van der Waals surface area contributed by atoms with Crippen molar-refractivity contribution in [3.05, 3.63) is 71.1 Å². The van der Waals surface area contributed by atoms with Crippen LogP contribution in [0.3, 0.4) is 0 Å². The Morgan fingerprint density at radius 1 is 1.12 bits per heavy atom. The van der Waals surface area contributed by atoms with Crippen LogP contribution in [0.5, 0.6) is 0 Å². The Bertz CT molecular complexity index is 708. The van der Waals surface area contributed by atoms with Crippen LogP contribution in [0.4, 0.5) is 0 Å². The van der Waals surface area contributed by atoms with E-state index in [1.807, 2.05) is 0 Å². The van der Waals surface area contributed by atoms with E-state index in [2.05, 4.69) is 56.8 Å². The summed E-state index contributed by atoms with van der Waals surface area (Å²) in [5, 5.41) is 0. The van der Waals surface area contributed by atoms with Crippen LogP contribution in [0.2, 0.25) is 0 Å². The maximum Gasteiger partial charge on any atom is 0.0481 e. The minimum atomic E-state index is 0.680. The average molecular weight is 319 g/mol. The molecule has 1 aromatic heterocycles. The summed E-state index contributed by atoms with van der Waals surface area (Å²) in [6, 6.07) is 13.3. The molecule has 1 nitrogen and oxygen atoms in total. The lowest BCUT2D eigenvalue weighted by atomic mass is 9.97. The van der Waals surface area contributed by atoms with Gasteiger partial charge in [-0.1, -0.05) is 55.3 Å². The predicted molar refractivity (Wildman–Crippen MR) is 103 cm³/mol. The molecule has 24 heavy (non-hydrogen) atoms. The summed E-state index contributed by atoms with van der Waals surface area (Å²) in [4.78, 5) is 5.06. The van der Waals surface area contributed by atoms with Crippen LogP contribution in [0.15, 0.2) is 43.0 Å². The number of hydrogen-bond acceptors (Lipinski definition) is 1. The van der Waals surface area contributed by atoms with Crippen molar-refractivity contribution in [3.63, 3.8) is 0 Å². The van der Waals surface area contributed by atoms with E-state index in [1.54, 1.807) is 0 Å². The van der Waals surface area contributed by atoms with Gasteiger partial charge < -0.3 is 0 Å². The van der Waals surface area contributed by atoms with Crippen LogP contribution in [0.1, 0.15) is 73.0 Å². The van der Waals surface area contributed by atoms with Crippen LogP contribution >= 0.6 is 0 Å². The quantitative estimate of drug-likeness (QED) is 0.612. The third-order valence-corrected chi connectivity index (χ3v) is 5.19. The second kappa shape index (κ2) is 7.79. The Kier molecular flexibility index (Phi) is 5.50. The van der Waals surface area contributed by atoms with Crippen LogP contribution in [-0.2, 0) is 12.8 Å². The zero-order valence-corrected chi connectivity index (χ0v) is 15.1. The summed E-state index contributed by atoms with van der Waals surface area (Å²) in [5.41, 5.74) is 7.71. The van der Waals surface area contributed by atoms with E-state index in [4.69, 9.17) is 4.98 Å². The molecule has 1 heterocycles. The van der Waals surface area contributed by atoms with E-state index >= 15 is 0 Å². The SMILES string of the molecule is C=C(C)c1ccc(C2CCCC2)nc1CCCc1cccc(C)c1. The average Bonchev–Trinajstić information content (AvgIpc) is 3.09. The van der Waals surface area contributed by atoms with Gasteiger partial charge in [-0.05, 0) is 68.7 Å². The van der Waals surface area contributed by atoms with Gasteiger partial charge in [0.15, 0.2) is 0 Å². The Morgan fingerprint density at radius 2 is 1.92 bits per heavy atom. The second-order valence-corrected chi connectivity index (χ2v) is 7.33. The molecule has 0 unspecified atom stereocenters. The fourth-order valence-corrected chi connectivity index (χ4v) is 3.87. The molecule has 0 radical (unpaired) electrons. The van der Waals surface area contributed by atoms with E-state index in [0.29, 0.717) is 5.92 Å². The zero-order valence-electron chi connectivity index (χ0n) is 15.1. The molecule has 0 N–H and O–H groups in total. The number of nitrogens with zero attached hydrogens (tertiary/aromatic N) is 1. The molecular weight excluding hydrogens is 290 g/mol. The van der Waals surface area contributed by atoms with Crippen molar-refractivity contribution in [1.82, 2.24) is 4.98 Å². The lowest BCUT2D eigenvalue weighted by Crippen LogP contribution is -2.04. The van der Waals surface area contributed by atoms with Gasteiger partial charge in [-0.3, -0.25) is 4.98 Å². The van der Waals surface area contributed by atoms with E-state index in [-0.39, 0.29) is 0 Å². The molecule has 0 atom stereocenters. The Morgan fingerprint density at radius 3 is 2.62 bits per heavy atom. The van der Waals surface area contributed by atoms with Crippen LogP contribution in [-0.4, -0.2) is 4.98 Å². The fourth-order valence-electron chi connectivity index (χ4n) is 3.87. The smallest absolute Gasteiger partial charge is 0.0481 e. The van der Waals surface area contributed by atoms with E-state index in [9.17, 15) is 0 Å². The highest BCUT2D eigenvalue weighted by Gasteiger charge is 2.19. The summed E-state index contributed by atoms with van der Waals surface area (Å²) < 4.78 is 0. The largest absolute Gasteiger partial charge is 0.257 e. The molecule has 3 rings (SSSR count). The van der Waals surface area contributed by atoms with Gasteiger partial charge in [0.1, 0.15) is 0 Å². The van der Waals surface area contributed by atoms with Crippen molar-refractivity contribution < 1.29 is 0 Å². The standard InChI is InChI=1S/C23H29N/c1-17(2)21-14-15-22(20-11-4-5-12-20)24-23(21)13-7-10-19-9-6-8-18(3)16-19/h6,8-9,14-16,20H,1,4-5,7,10-13H2,2-3H3. The minimum Gasteiger partial charge on any atom is -0.257 e. The minimum absolute atomic E-state index is 0.680. The lowest BCUT2D eigenvalue weighted by molar-refractivity contribution is 0.684. The summed E-state index contributed by atoms with van der Waals surface area (Å²) >= 11 is 0. The molecule has 126 valence electrons. The third-order valence-electron chi connectivity index (χ3n) is 5.19. The van der Waals surface area contributed by atoms with Crippen LogP contribution < -0.4 is 0 Å². The van der Waals surface area contributed by atoms with Crippen molar-refractivity contribution in [2.75, 3.05) is 0 Å². The van der Waals surface area contributed by atoms with E-state index in [0.717, 1.165) is 24.8 Å². The first-order valence-electron chi connectivity index (χ1n) is 9.35. The van der Waals surface area contributed by atoms with Gasteiger partial charge >= 0.3 is 0 Å². The molecular formula is C23H29N. The van der Waals surface area contributed by atoms with Crippen molar-refractivity contribution in [1.29, 1.82) is 0 Å². The molecule has 1 heteroatoms. The first-order chi connectivity index (χ1) is 11.6. The first-order valence-corrected chi connectivity index (χ1v) is 9.35. The first kappa shape index (κ1) is 17.0. The molecule has 2 aromatic rings. The van der Waals surface area contributed by atoms with Crippen molar-refractivity contribution in [2.24, 2.45) is 0 Å². The summed E-state index contributed by atoms with van der Waals surface area (Å²) in [5.74, 6) is 0.680. The number of benzene rings is 1. The van der Waals surface area contributed by atoms with Gasteiger partial charge in [0, 0.05) is 17.3 Å². The highest BCUT2D eigenvalue weighted by Crippen LogP contribution is 2.34. The molecule has 0 spiro atoms. The van der Waals surface area contributed by atoms with Gasteiger partial charge in [-0.2, -0.15) is 0 Å². The molecule has 1 aliphatic rings. The number of pyridine rings is 1. The van der Waals surface area contributed by atoms with Gasteiger partial charge in [-0.25, -0.2) is 0 Å². The zero-order chi connectivity index (χ0) is 16.9. The molecule has 1 saturated carbocycles. The maximum absolute atomic E-state index is 5.06. The number of aryl methyl sites for hydroxylation is 3. The normalized spacial score (nSPS) is 14.9. The highest BCUT2D eigenvalue weighted by molar-refractivity contribution is 5.63. The number of hydrogen-bond donors (Lipinski definition) is 0. The van der Waals surface area contributed by atoms with Gasteiger partial charge in [0.25, 0.3) is 0 Å². The van der Waals surface area contributed by atoms with Crippen molar-refractivity contribution in [2.45, 2.75) is 64.7 Å². The number of allylic oxidation sites excluding steroid dienone is 1. The maximum atomic E-state index is 5.06. The molecule has 0 aliphatic heterocycles. The fraction of sp³-hybridized carbons (Fsp3) is 0.435. The molecule has 0 amide bonds. The number of aromatic nitrogens is 1. The molecule has 0 saturated heterocycles. The Balaban J connectivity index is 1.72. The van der Waals surface area contributed by atoms with Gasteiger partial charge in [0.05, 0.1) is 0 Å². The van der Waals surface area contributed by atoms with Crippen LogP contribution in [0, 0.1) is 6.92 Å². The predicted octanol–water partition coefficient (Wildman–Crippen LogP) is 6.26. The third kappa shape index (κ3) is 4.14. The Labute approximate surface area is 146 Å². The van der Waals surface area contributed by atoms with E-state index < -0.39 is 0 Å². The lowest BCUT2D eigenvalue weighted by Gasteiger charge is -2.14. The van der Waals surface area contributed by atoms with Crippen molar-refractivity contribution >= 4 is 5.57 Å². The summed E-state index contributed by atoms with van der Waals surface area (Å²) in [6.45, 7) is 8.41. The molecule has 1 aliphatic carbocycles. The van der Waals surface area contributed by atoms with E-state index in [1.165, 1.54) is 53.8 Å². The van der Waals surface area contributed by atoms with Crippen molar-refractivity contribution in [3.8, 4) is 0 Å². The topological polar surface area (TPSA) is 12.9 Å². The van der Waals surface area contributed by atoms with Gasteiger partial charge in [0.2, 0.25) is 0 Å². The van der Waals surface area contributed by atoms with Crippen LogP contribution in [0.25, 0.3) is 5.57 Å². The summed E-state index contributed by atoms with van der Waals surface area (Å²) in [6.07, 6.45) is 8.63. The molecule has 0 bridgehead atoms. The van der Waals surface area contributed by atoms with Gasteiger partial charge in [-0.15, -0.1) is 0 Å². The second-order valence-electron chi connectivity index (χ2n) is 7.33. The monoisotopic (exact) mass is 319 g/mol. The molecule has 1 fully saturated rings. The summed E-state index contributed by atoms with van der Waals surface area (Å²) in [7, 11) is 0. The Hall–Kier alpha value is -1.89.